The fourth-order valence-electron chi connectivity index (χ4n) is 2.17. The maximum absolute atomic E-state index is 9.59. The van der Waals surface area contributed by atoms with Gasteiger partial charge in [0.25, 0.3) is 0 Å². The molecule has 3 rings (SSSR count). The summed E-state index contributed by atoms with van der Waals surface area (Å²) in [6.45, 7) is 2.14. The van der Waals surface area contributed by atoms with Crippen molar-refractivity contribution >= 4 is 29.0 Å². The van der Waals surface area contributed by atoms with E-state index in [2.05, 4.69) is 35.4 Å². The number of aromatic nitrogens is 1. The Morgan fingerprint density at radius 3 is 2.75 bits per heavy atom. The van der Waals surface area contributed by atoms with Crippen LogP contribution in [0.15, 0.2) is 48.5 Å². The quantitative estimate of drug-likeness (QED) is 0.723. The molecule has 20 heavy (non-hydrogen) atoms. The predicted molar refractivity (Wildman–Crippen MR) is 83.3 cm³/mol. The van der Waals surface area contributed by atoms with Crippen LogP contribution in [0, 0.1) is 6.92 Å². The van der Waals surface area contributed by atoms with E-state index in [9.17, 15) is 5.11 Å². The number of aryl methyl sites for hydroxylation is 1. The Bertz CT molecular complexity index is 709. The van der Waals surface area contributed by atoms with E-state index < -0.39 is 0 Å². The summed E-state index contributed by atoms with van der Waals surface area (Å²) >= 11 is 0.200. The molecule has 0 spiro atoms. The molecule has 0 bridgehead atoms. The number of hydrogen-bond donors (Lipinski definition) is 2. The summed E-state index contributed by atoms with van der Waals surface area (Å²) in [6.07, 6.45) is 0. The standard InChI is InChI=1S/C16H16N2OSe/c1-11-7-8-15-13(9-11)17-16(20-15)18-14(10-19)12-5-3-2-4-6-12/h2-9,14,19H,10H2,1H3,(H,17,18)/t14-/m0/s1. The number of rotatable bonds is 4. The Morgan fingerprint density at radius 2 is 2.00 bits per heavy atom. The van der Waals surface area contributed by atoms with Crippen molar-refractivity contribution < 1.29 is 5.11 Å². The van der Waals surface area contributed by atoms with Gasteiger partial charge in [-0.2, -0.15) is 0 Å². The van der Waals surface area contributed by atoms with Crippen LogP contribution in [0.5, 0.6) is 0 Å². The van der Waals surface area contributed by atoms with Gasteiger partial charge in [-0.3, -0.25) is 0 Å². The number of nitrogens with one attached hydrogen (secondary N) is 1. The van der Waals surface area contributed by atoms with Gasteiger partial charge >= 0.3 is 124 Å². The first-order valence-electron chi connectivity index (χ1n) is 6.56. The molecule has 102 valence electrons. The molecule has 0 unspecified atom stereocenters. The molecule has 3 nitrogen and oxygen atoms in total. The van der Waals surface area contributed by atoms with Gasteiger partial charge in [0.05, 0.1) is 0 Å². The van der Waals surface area contributed by atoms with Gasteiger partial charge < -0.3 is 0 Å². The Labute approximate surface area is 124 Å². The molecule has 4 heteroatoms. The van der Waals surface area contributed by atoms with Gasteiger partial charge in [-0.15, -0.1) is 0 Å². The zero-order valence-electron chi connectivity index (χ0n) is 11.2. The Kier molecular flexibility index (Phi) is 3.88. The second kappa shape index (κ2) is 5.80. The molecular weight excluding hydrogens is 315 g/mol. The van der Waals surface area contributed by atoms with Crippen LogP contribution in [-0.4, -0.2) is 31.2 Å². The summed E-state index contributed by atoms with van der Waals surface area (Å²) in [5.41, 5.74) is 3.38. The van der Waals surface area contributed by atoms with Crippen LogP contribution in [-0.2, 0) is 0 Å². The van der Waals surface area contributed by atoms with Crippen LogP contribution in [0.4, 0.5) is 4.69 Å². The van der Waals surface area contributed by atoms with Crippen LogP contribution in [0.3, 0.4) is 0 Å². The second-order valence-electron chi connectivity index (χ2n) is 4.78. The van der Waals surface area contributed by atoms with Gasteiger partial charge in [0.1, 0.15) is 0 Å². The predicted octanol–water partition coefficient (Wildman–Crippen LogP) is 2.75. The Balaban J connectivity index is 1.87. The summed E-state index contributed by atoms with van der Waals surface area (Å²) in [7, 11) is 0. The molecule has 1 heterocycles. The number of hydrogen-bond acceptors (Lipinski definition) is 3. The van der Waals surface area contributed by atoms with Crippen molar-refractivity contribution in [1.29, 1.82) is 0 Å². The van der Waals surface area contributed by atoms with Crippen molar-refractivity contribution in [2.24, 2.45) is 0 Å². The number of fused-ring (bicyclic) bond motifs is 1. The summed E-state index contributed by atoms with van der Waals surface area (Å²) in [5, 5.41) is 13.0. The van der Waals surface area contributed by atoms with E-state index in [4.69, 9.17) is 0 Å². The number of benzene rings is 2. The molecule has 0 saturated heterocycles. The molecule has 0 fully saturated rings. The third-order valence-electron chi connectivity index (χ3n) is 3.23. The average Bonchev–Trinajstić information content (AvgIpc) is 2.87. The van der Waals surface area contributed by atoms with Gasteiger partial charge in [0.15, 0.2) is 0 Å². The Hall–Kier alpha value is -1.61. The van der Waals surface area contributed by atoms with Crippen molar-refractivity contribution in [2.75, 3.05) is 11.9 Å². The van der Waals surface area contributed by atoms with Crippen molar-refractivity contribution in [2.45, 2.75) is 13.0 Å². The van der Waals surface area contributed by atoms with Crippen molar-refractivity contribution in [3.05, 3.63) is 59.7 Å². The summed E-state index contributed by atoms with van der Waals surface area (Å²) in [6, 6.07) is 16.3. The van der Waals surface area contributed by atoms with Crippen LogP contribution in [0.1, 0.15) is 17.2 Å². The molecule has 0 amide bonds. The van der Waals surface area contributed by atoms with E-state index >= 15 is 0 Å². The SMILES string of the molecule is Cc1ccc2[se]c(N[C@@H](CO)c3ccccc3)nc2c1. The van der Waals surface area contributed by atoms with Gasteiger partial charge in [-0.25, -0.2) is 0 Å². The first-order chi connectivity index (χ1) is 9.76. The third kappa shape index (κ3) is 2.78. The molecule has 3 aromatic rings. The van der Waals surface area contributed by atoms with E-state index in [0.29, 0.717) is 0 Å². The third-order valence-corrected chi connectivity index (χ3v) is 5.26. The van der Waals surface area contributed by atoms with E-state index in [-0.39, 0.29) is 27.2 Å². The van der Waals surface area contributed by atoms with Crippen LogP contribution < -0.4 is 5.32 Å². The van der Waals surface area contributed by atoms with Gasteiger partial charge in [0, 0.05) is 0 Å². The summed E-state index contributed by atoms with van der Waals surface area (Å²) in [5.74, 6) is 0. The molecule has 2 aromatic carbocycles. The van der Waals surface area contributed by atoms with Gasteiger partial charge in [0.2, 0.25) is 0 Å². The number of nitrogens with zero attached hydrogens (tertiary/aromatic N) is 1. The second-order valence-corrected chi connectivity index (χ2v) is 6.94. The first kappa shape index (κ1) is 13.4. The summed E-state index contributed by atoms with van der Waals surface area (Å²) in [4.78, 5) is 4.65. The van der Waals surface area contributed by atoms with Gasteiger partial charge in [-0.05, 0) is 0 Å². The average molecular weight is 331 g/mol. The van der Waals surface area contributed by atoms with Crippen molar-refractivity contribution in [1.82, 2.24) is 4.98 Å². The molecular formula is C16H16N2OSe. The number of aliphatic hydroxyl groups excluding tert-OH is 1. The summed E-state index contributed by atoms with van der Waals surface area (Å²) < 4.78 is 2.29. The molecule has 0 radical (unpaired) electrons. The topological polar surface area (TPSA) is 45.1 Å². The van der Waals surface area contributed by atoms with E-state index in [1.165, 1.54) is 9.82 Å². The minimum atomic E-state index is -0.0905. The fourth-order valence-corrected chi connectivity index (χ4v) is 4.05. The molecule has 1 atom stereocenters. The molecule has 0 saturated carbocycles. The zero-order valence-corrected chi connectivity index (χ0v) is 12.9. The van der Waals surface area contributed by atoms with E-state index in [0.717, 1.165) is 15.8 Å². The maximum atomic E-state index is 9.59. The molecule has 2 N–H and O–H groups in total. The van der Waals surface area contributed by atoms with E-state index in [1.807, 2.05) is 30.3 Å². The van der Waals surface area contributed by atoms with Crippen LogP contribution in [0.25, 0.3) is 9.78 Å². The molecule has 1 aromatic heterocycles. The van der Waals surface area contributed by atoms with Crippen molar-refractivity contribution in [3.8, 4) is 0 Å². The minimum absolute atomic E-state index is 0.0640. The molecule has 0 aliphatic rings. The van der Waals surface area contributed by atoms with E-state index in [1.54, 1.807) is 0 Å². The normalized spacial score (nSPS) is 12.5. The van der Waals surface area contributed by atoms with Crippen molar-refractivity contribution in [3.63, 3.8) is 0 Å². The monoisotopic (exact) mass is 332 g/mol. The Morgan fingerprint density at radius 1 is 1.20 bits per heavy atom. The van der Waals surface area contributed by atoms with Gasteiger partial charge in [-0.1, -0.05) is 0 Å². The first-order valence-corrected chi connectivity index (χ1v) is 8.27. The molecule has 0 aliphatic carbocycles. The fraction of sp³-hybridized carbons (Fsp3) is 0.188. The zero-order chi connectivity index (χ0) is 13.9. The van der Waals surface area contributed by atoms with Crippen LogP contribution >= 0.6 is 0 Å². The number of aliphatic hydroxyl groups is 1. The number of anilines is 1. The van der Waals surface area contributed by atoms with Crippen LogP contribution in [0.2, 0.25) is 0 Å². The molecule has 0 aliphatic heterocycles.